The second-order valence-electron chi connectivity index (χ2n) is 4.36. The molecular formula is C17H14N2OS. The Bertz CT molecular complexity index is 699. The van der Waals surface area contributed by atoms with Crippen molar-refractivity contribution in [2.24, 2.45) is 0 Å². The molecule has 3 nitrogen and oxygen atoms in total. The van der Waals surface area contributed by atoms with Gasteiger partial charge in [-0.05, 0) is 53.4 Å². The first-order valence-electron chi connectivity index (χ1n) is 6.38. The number of anilines is 1. The van der Waals surface area contributed by atoms with Gasteiger partial charge in [-0.2, -0.15) is 5.26 Å². The van der Waals surface area contributed by atoms with Crippen LogP contribution in [-0.2, 0) is 4.79 Å². The lowest BCUT2D eigenvalue weighted by molar-refractivity contribution is -0.114. The molecule has 21 heavy (non-hydrogen) atoms. The minimum atomic E-state index is -0.0762. The first-order valence-corrected chi connectivity index (χ1v) is 7.26. The molecule has 0 atom stereocenters. The molecule has 1 amide bonds. The summed E-state index contributed by atoms with van der Waals surface area (Å²) in [7, 11) is 0. The van der Waals surface area contributed by atoms with Crippen LogP contribution < -0.4 is 5.32 Å². The summed E-state index contributed by atoms with van der Waals surface area (Å²) in [6, 6.07) is 17.2. The highest BCUT2D eigenvalue weighted by Gasteiger charge is 1.96. The molecule has 0 spiro atoms. The number of nitrogens with zero attached hydrogens (tertiary/aromatic N) is 1. The van der Waals surface area contributed by atoms with Gasteiger partial charge in [-0.15, -0.1) is 0 Å². The summed E-state index contributed by atoms with van der Waals surface area (Å²) in [5.74, 6) is -0.0762. The van der Waals surface area contributed by atoms with Crippen LogP contribution in [0.2, 0.25) is 0 Å². The number of benzene rings is 2. The molecule has 4 heteroatoms. The molecular weight excluding hydrogens is 280 g/mol. The van der Waals surface area contributed by atoms with Crippen LogP contribution in [0.4, 0.5) is 5.69 Å². The van der Waals surface area contributed by atoms with E-state index in [-0.39, 0.29) is 5.91 Å². The van der Waals surface area contributed by atoms with Crippen molar-refractivity contribution in [3.63, 3.8) is 0 Å². The fourth-order valence-corrected chi connectivity index (χ4v) is 2.40. The number of nitrogens with one attached hydrogen (secondary N) is 1. The zero-order valence-corrected chi connectivity index (χ0v) is 12.4. The van der Waals surface area contributed by atoms with E-state index in [9.17, 15) is 4.79 Å². The van der Waals surface area contributed by atoms with Gasteiger partial charge in [0.1, 0.15) is 0 Å². The van der Waals surface area contributed by atoms with Gasteiger partial charge < -0.3 is 5.32 Å². The summed E-state index contributed by atoms with van der Waals surface area (Å²) in [6.45, 7) is 1.49. The molecule has 0 heterocycles. The Labute approximate surface area is 128 Å². The summed E-state index contributed by atoms with van der Waals surface area (Å²) >= 11 is 1.58. The zero-order chi connectivity index (χ0) is 15.1. The van der Waals surface area contributed by atoms with Crippen molar-refractivity contribution in [2.45, 2.75) is 11.8 Å². The maximum absolute atomic E-state index is 10.9. The Balaban J connectivity index is 1.97. The van der Waals surface area contributed by atoms with Crippen molar-refractivity contribution in [2.75, 3.05) is 5.32 Å². The molecule has 0 aliphatic rings. The summed E-state index contributed by atoms with van der Waals surface area (Å²) in [4.78, 5) is 12.0. The average Bonchev–Trinajstić information content (AvgIpc) is 2.49. The molecule has 0 aromatic heterocycles. The lowest BCUT2D eigenvalue weighted by Crippen LogP contribution is -2.05. The number of rotatable bonds is 4. The van der Waals surface area contributed by atoms with Gasteiger partial charge in [-0.25, -0.2) is 0 Å². The fraction of sp³-hybridized carbons (Fsp3) is 0.0588. The number of carbonyl (C=O) groups is 1. The third kappa shape index (κ3) is 4.83. The summed E-state index contributed by atoms with van der Waals surface area (Å²) < 4.78 is 0. The SMILES string of the molecule is CC(=O)Nc1ccc(S/C=C/c2cccc(C#N)c2)cc1. The van der Waals surface area contributed by atoms with Crippen LogP contribution in [0.3, 0.4) is 0 Å². The van der Waals surface area contributed by atoms with Crippen LogP contribution in [0, 0.1) is 11.3 Å². The van der Waals surface area contributed by atoms with E-state index in [4.69, 9.17) is 5.26 Å². The van der Waals surface area contributed by atoms with Crippen molar-refractivity contribution < 1.29 is 4.79 Å². The highest BCUT2D eigenvalue weighted by atomic mass is 32.2. The van der Waals surface area contributed by atoms with Crippen molar-refractivity contribution >= 4 is 29.4 Å². The average molecular weight is 294 g/mol. The zero-order valence-electron chi connectivity index (χ0n) is 11.5. The standard InChI is InChI=1S/C17H14N2OS/c1-13(20)19-16-5-7-17(8-6-16)21-10-9-14-3-2-4-15(11-14)12-18/h2-11H,1H3,(H,19,20)/b10-9+. The second kappa shape index (κ2) is 7.32. The Morgan fingerprint density at radius 1 is 1.24 bits per heavy atom. The normalized spacial score (nSPS) is 10.3. The van der Waals surface area contributed by atoms with E-state index < -0.39 is 0 Å². The summed E-state index contributed by atoms with van der Waals surface area (Å²) in [5.41, 5.74) is 2.44. The third-order valence-electron chi connectivity index (χ3n) is 2.66. The second-order valence-corrected chi connectivity index (χ2v) is 5.34. The van der Waals surface area contributed by atoms with Crippen LogP contribution >= 0.6 is 11.8 Å². The number of amides is 1. The molecule has 2 aromatic carbocycles. The molecule has 0 saturated carbocycles. The molecule has 1 N–H and O–H groups in total. The Hall–Kier alpha value is -2.51. The molecule has 0 aliphatic carbocycles. The number of carbonyl (C=O) groups excluding carboxylic acids is 1. The third-order valence-corrected chi connectivity index (χ3v) is 3.47. The van der Waals surface area contributed by atoms with Crippen LogP contribution in [-0.4, -0.2) is 5.91 Å². The molecule has 0 aliphatic heterocycles. The minimum absolute atomic E-state index is 0.0762. The quantitative estimate of drug-likeness (QED) is 0.856. The van der Waals surface area contributed by atoms with E-state index >= 15 is 0 Å². The van der Waals surface area contributed by atoms with Crippen molar-refractivity contribution in [1.82, 2.24) is 0 Å². The van der Waals surface area contributed by atoms with Crippen LogP contribution in [0.1, 0.15) is 18.1 Å². The van der Waals surface area contributed by atoms with E-state index in [1.807, 2.05) is 53.9 Å². The van der Waals surface area contributed by atoms with E-state index in [0.29, 0.717) is 5.56 Å². The van der Waals surface area contributed by atoms with Gasteiger partial charge in [0, 0.05) is 17.5 Å². The molecule has 0 radical (unpaired) electrons. The van der Waals surface area contributed by atoms with Gasteiger partial charge in [0.05, 0.1) is 11.6 Å². The molecule has 0 bridgehead atoms. The van der Waals surface area contributed by atoms with Gasteiger partial charge in [0.25, 0.3) is 0 Å². The maximum Gasteiger partial charge on any atom is 0.221 e. The highest BCUT2D eigenvalue weighted by molar-refractivity contribution is 8.02. The molecule has 0 unspecified atom stereocenters. The monoisotopic (exact) mass is 294 g/mol. The Kier molecular flexibility index (Phi) is 5.19. The molecule has 2 aromatic rings. The topological polar surface area (TPSA) is 52.9 Å². The first kappa shape index (κ1) is 14.9. The number of hydrogen-bond acceptors (Lipinski definition) is 3. The Morgan fingerprint density at radius 2 is 2.00 bits per heavy atom. The van der Waals surface area contributed by atoms with E-state index in [0.717, 1.165) is 16.1 Å². The number of nitriles is 1. The highest BCUT2D eigenvalue weighted by Crippen LogP contribution is 2.22. The first-order chi connectivity index (χ1) is 10.2. The smallest absolute Gasteiger partial charge is 0.221 e. The van der Waals surface area contributed by atoms with Crippen LogP contribution in [0.25, 0.3) is 6.08 Å². The van der Waals surface area contributed by atoms with Crippen molar-refractivity contribution in [3.8, 4) is 6.07 Å². The summed E-state index contributed by atoms with van der Waals surface area (Å²) in [5, 5.41) is 13.6. The van der Waals surface area contributed by atoms with Gasteiger partial charge >= 0.3 is 0 Å². The van der Waals surface area contributed by atoms with E-state index in [1.54, 1.807) is 17.8 Å². The summed E-state index contributed by atoms with van der Waals surface area (Å²) in [6.07, 6.45) is 1.97. The number of hydrogen-bond donors (Lipinski definition) is 1. The largest absolute Gasteiger partial charge is 0.326 e. The fourth-order valence-electron chi connectivity index (χ4n) is 1.72. The lowest BCUT2D eigenvalue weighted by Gasteiger charge is -2.02. The molecule has 2 rings (SSSR count). The van der Waals surface area contributed by atoms with Gasteiger partial charge in [-0.1, -0.05) is 23.9 Å². The number of thioether (sulfide) groups is 1. The van der Waals surface area contributed by atoms with Crippen molar-refractivity contribution in [3.05, 3.63) is 65.1 Å². The minimum Gasteiger partial charge on any atom is -0.326 e. The van der Waals surface area contributed by atoms with Crippen LogP contribution in [0.5, 0.6) is 0 Å². The maximum atomic E-state index is 10.9. The van der Waals surface area contributed by atoms with Gasteiger partial charge in [0.15, 0.2) is 0 Å². The molecule has 0 fully saturated rings. The van der Waals surface area contributed by atoms with E-state index in [2.05, 4.69) is 11.4 Å². The lowest BCUT2D eigenvalue weighted by atomic mass is 10.1. The van der Waals surface area contributed by atoms with E-state index in [1.165, 1.54) is 6.92 Å². The Morgan fingerprint density at radius 3 is 2.67 bits per heavy atom. The van der Waals surface area contributed by atoms with Gasteiger partial charge in [-0.3, -0.25) is 4.79 Å². The predicted octanol–water partition coefficient (Wildman–Crippen LogP) is 4.28. The molecule has 0 saturated heterocycles. The van der Waals surface area contributed by atoms with Crippen LogP contribution in [0.15, 0.2) is 58.8 Å². The van der Waals surface area contributed by atoms with Crippen molar-refractivity contribution in [1.29, 1.82) is 5.26 Å². The predicted molar refractivity (Wildman–Crippen MR) is 86.8 cm³/mol. The molecule has 104 valence electrons. The van der Waals surface area contributed by atoms with Gasteiger partial charge in [0.2, 0.25) is 5.91 Å².